The molecule has 2 aromatic heterocycles. The molecule has 1 saturated carbocycles. The Morgan fingerprint density at radius 3 is 2.90 bits per heavy atom. The highest BCUT2D eigenvalue weighted by molar-refractivity contribution is 7.89. The van der Waals surface area contributed by atoms with Crippen molar-refractivity contribution in [1.29, 1.82) is 5.26 Å². The Hall–Kier alpha value is -2.74. The van der Waals surface area contributed by atoms with Gasteiger partial charge in [0.15, 0.2) is 0 Å². The lowest BCUT2D eigenvalue weighted by atomic mass is 10.1. The molecular weight excluding hydrogens is 414 g/mol. The number of nitrogens with one attached hydrogen (secondary N) is 2. The molecule has 0 radical (unpaired) electrons. The van der Waals surface area contributed by atoms with Crippen LogP contribution in [0.4, 0.5) is 5.82 Å². The van der Waals surface area contributed by atoms with Crippen LogP contribution in [0.15, 0.2) is 29.4 Å². The van der Waals surface area contributed by atoms with Crippen molar-refractivity contribution in [3.63, 3.8) is 0 Å². The number of hydrogen-bond acceptors (Lipinski definition) is 7. The number of sulfonamides is 1. The molecule has 1 aromatic carbocycles. The maximum Gasteiger partial charge on any atom is 0.242 e. The summed E-state index contributed by atoms with van der Waals surface area (Å²) in [5.41, 5.74) is 0.447. The third kappa shape index (κ3) is 3.07. The van der Waals surface area contributed by atoms with Gasteiger partial charge in [0.25, 0.3) is 0 Å². The van der Waals surface area contributed by atoms with Crippen LogP contribution in [-0.4, -0.2) is 66.0 Å². The van der Waals surface area contributed by atoms with Crippen LogP contribution in [0.2, 0.25) is 0 Å². The SMILES string of the molecule is N#CC1(NS(=O)(=O)c2ccc3c(c2)[nH]c2ncnc(N4CCN5CCC[C@H]5C4)c23)CC1. The number of anilines is 1. The van der Waals surface area contributed by atoms with Crippen molar-refractivity contribution in [1.82, 2.24) is 24.6 Å². The topological polar surface area (TPSA) is 118 Å². The highest BCUT2D eigenvalue weighted by Gasteiger charge is 2.46. The normalized spacial score (nSPS) is 23.2. The number of nitriles is 1. The van der Waals surface area contributed by atoms with Gasteiger partial charge in [0, 0.05) is 36.6 Å². The summed E-state index contributed by atoms with van der Waals surface area (Å²) in [6.07, 6.45) is 5.13. The molecule has 160 valence electrons. The molecule has 2 aliphatic heterocycles. The standard InChI is InChI=1S/C21H23N7O2S/c22-12-21(5-6-21)26-31(29,30)15-3-4-16-17(10-15)25-19-18(16)20(24-13-23-19)28-9-8-27-7-1-2-14(27)11-28/h3-4,10,13-14,26H,1-2,5-9,11H2,(H,23,24,25)/t14-/m0/s1. The van der Waals surface area contributed by atoms with Gasteiger partial charge in [0.2, 0.25) is 10.0 Å². The fourth-order valence-electron chi connectivity index (χ4n) is 4.96. The molecule has 0 bridgehead atoms. The first kappa shape index (κ1) is 19.0. The molecular formula is C21H23N7O2S. The first-order valence-electron chi connectivity index (χ1n) is 10.7. The van der Waals surface area contributed by atoms with Crippen molar-refractivity contribution < 1.29 is 8.42 Å². The van der Waals surface area contributed by atoms with Gasteiger partial charge in [-0.1, -0.05) is 6.07 Å². The molecule has 0 spiro atoms. The van der Waals surface area contributed by atoms with E-state index in [2.05, 4.69) is 35.5 Å². The van der Waals surface area contributed by atoms with Gasteiger partial charge in [-0.05, 0) is 44.4 Å². The summed E-state index contributed by atoms with van der Waals surface area (Å²) in [4.78, 5) is 17.3. The Morgan fingerprint density at radius 1 is 1.23 bits per heavy atom. The molecule has 31 heavy (non-hydrogen) atoms. The highest BCUT2D eigenvalue weighted by Crippen LogP contribution is 2.37. The quantitative estimate of drug-likeness (QED) is 0.638. The lowest BCUT2D eigenvalue weighted by Gasteiger charge is -2.38. The molecule has 6 rings (SSSR count). The predicted molar refractivity (Wildman–Crippen MR) is 116 cm³/mol. The minimum absolute atomic E-state index is 0.141. The minimum atomic E-state index is -3.78. The van der Waals surface area contributed by atoms with E-state index in [1.165, 1.54) is 19.4 Å². The van der Waals surface area contributed by atoms with Gasteiger partial charge in [0.05, 0.1) is 16.4 Å². The van der Waals surface area contributed by atoms with Crippen LogP contribution in [0.25, 0.3) is 21.9 Å². The van der Waals surface area contributed by atoms with Crippen LogP contribution in [0.5, 0.6) is 0 Å². The first-order valence-corrected chi connectivity index (χ1v) is 12.2. The smallest absolute Gasteiger partial charge is 0.242 e. The van der Waals surface area contributed by atoms with Crippen LogP contribution >= 0.6 is 0 Å². The van der Waals surface area contributed by atoms with Crippen molar-refractivity contribution >= 4 is 37.8 Å². The molecule has 2 N–H and O–H groups in total. The average molecular weight is 438 g/mol. The summed E-state index contributed by atoms with van der Waals surface area (Å²) in [5, 5.41) is 11.1. The van der Waals surface area contributed by atoms with Gasteiger partial charge >= 0.3 is 0 Å². The zero-order valence-electron chi connectivity index (χ0n) is 17.0. The van der Waals surface area contributed by atoms with Crippen molar-refractivity contribution in [2.24, 2.45) is 0 Å². The third-order valence-electron chi connectivity index (χ3n) is 6.83. The Balaban J connectivity index is 1.40. The second kappa shape index (κ2) is 6.63. The molecule has 0 amide bonds. The number of rotatable bonds is 4. The molecule has 9 nitrogen and oxygen atoms in total. The molecule has 3 fully saturated rings. The summed E-state index contributed by atoms with van der Waals surface area (Å²) in [6.45, 7) is 4.09. The van der Waals surface area contributed by atoms with E-state index in [9.17, 15) is 13.7 Å². The molecule has 1 aliphatic carbocycles. The number of fused-ring (bicyclic) bond motifs is 4. The number of piperazine rings is 1. The van der Waals surface area contributed by atoms with Crippen molar-refractivity contribution in [2.75, 3.05) is 31.1 Å². The van der Waals surface area contributed by atoms with Crippen LogP contribution in [0.3, 0.4) is 0 Å². The Bertz CT molecular complexity index is 1340. The highest BCUT2D eigenvalue weighted by atomic mass is 32.2. The summed E-state index contributed by atoms with van der Waals surface area (Å²) in [6, 6.07) is 7.67. The first-order chi connectivity index (χ1) is 15.0. The monoisotopic (exact) mass is 437 g/mol. The molecule has 3 aliphatic rings. The molecule has 10 heteroatoms. The fourth-order valence-corrected chi connectivity index (χ4v) is 6.36. The molecule has 4 heterocycles. The number of aromatic amines is 1. The number of aromatic nitrogens is 3. The van der Waals surface area contributed by atoms with Gasteiger partial charge in [-0.25, -0.2) is 18.4 Å². The third-order valence-corrected chi connectivity index (χ3v) is 8.37. The number of hydrogen-bond donors (Lipinski definition) is 2. The molecule has 0 unspecified atom stereocenters. The average Bonchev–Trinajstić information content (AvgIpc) is 3.21. The van der Waals surface area contributed by atoms with E-state index >= 15 is 0 Å². The van der Waals surface area contributed by atoms with Gasteiger partial charge in [-0.3, -0.25) is 4.90 Å². The second-order valence-electron chi connectivity index (χ2n) is 8.83. The number of nitrogens with zero attached hydrogens (tertiary/aromatic N) is 5. The van der Waals surface area contributed by atoms with E-state index in [-0.39, 0.29) is 4.90 Å². The zero-order chi connectivity index (χ0) is 21.2. The lowest BCUT2D eigenvalue weighted by Crippen LogP contribution is -2.50. The van der Waals surface area contributed by atoms with Gasteiger partial charge in [-0.2, -0.15) is 9.98 Å². The Morgan fingerprint density at radius 2 is 2.10 bits per heavy atom. The van der Waals surface area contributed by atoms with Crippen LogP contribution in [0, 0.1) is 11.3 Å². The summed E-state index contributed by atoms with van der Waals surface area (Å²) in [7, 11) is -3.78. The van der Waals surface area contributed by atoms with E-state index in [0.29, 0.717) is 30.0 Å². The van der Waals surface area contributed by atoms with Crippen LogP contribution in [0.1, 0.15) is 25.7 Å². The van der Waals surface area contributed by atoms with Gasteiger partial charge in [0.1, 0.15) is 23.3 Å². The zero-order valence-corrected chi connectivity index (χ0v) is 17.8. The van der Waals surface area contributed by atoms with Crippen molar-refractivity contribution in [3.05, 3.63) is 24.5 Å². The largest absolute Gasteiger partial charge is 0.353 e. The maximum absolute atomic E-state index is 12.8. The Labute approximate surface area is 180 Å². The fraction of sp³-hybridized carbons (Fsp3) is 0.476. The van der Waals surface area contributed by atoms with E-state index in [1.807, 2.05) is 6.07 Å². The second-order valence-corrected chi connectivity index (χ2v) is 10.5. The van der Waals surface area contributed by atoms with E-state index < -0.39 is 15.6 Å². The number of H-pyrrole nitrogens is 1. The van der Waals surface area contributed by atoms with Gasteiger partial charge in [-0.15, -0.1) is 0 Å². The van der Waals surface area contributed by atoms with E-state index in [0.717, 1.165) is 36.2 Å². The van der Waals surface area contributed by atoms with Gasteiger partial charge < -0.3 is 9.88 Å². The molecule has 3 aromatic rings. The predicted octanol–water partition coefficient (Wildman–Crippen LogP) is 1.73. The number of benzene rings is 1. The van der Waals surface area contributed by atoms with E-state index in [4.69, 9.17) is 0 Å². The Kier molecular flexibility index (Phi) is 4.06. The summed E-state index contributed by atoms with van der Waals surface area (Å²) in [5.74, 6) is 0.901. The van der Waals surface area contributed by atoms with Crippen LogP contribution < -0.4 is 9.62 Å². The van der Waals surface area contributed by atoms with E-state index in [1.54, 1.807) is 18.5 Å². The van der Waals surface area contributed by atoms with Crippen LogP contribution in [-0.2, 0) is 10.0 Å². The minimum Gasteiger partial charge on any atom is -0.353 e. The summed E-state index contributed by atoms with van der Waals surface area (Å²) < 4.78 is 28.2. The van der Waals surface area contributed by atoms with Crippen molar-refractivity contribution in [3.8, 4) is 6.07 Å². The maximum atomic E-state index is 12.8. The molecule has 2 saturated heterocycles. The summed E-state index contributed by atoms with van der Waals surface area (Å²) >= 11 is 0. The van der Waals surface area contributed by atoms with Crippen molar-refractivity contribution in [2.45, 2.75) is 42.2 Å². The lowest BCUT2D eigenvalue weighted by molar-refractivity contribution is 0.230. The molecule has 1 atom stereocenters.